The second kappa shape index (κ2) is 6.03. The Balaban J connectivity index is 1.74. The van der Waals surface area contributed by atoms with Crippen molar-refractivity contribution in [3.8, 4) is 0 Å². The van der Waals surface area contributed by atoms with E-state index in [1.807, 2.05) is 11.4 Å². The number of nitrogens with zero attached hydrogens (tertiary/aromatic N) is 2. The molecule has 1 aliphatic rings. The van der Waals surface area contributed by atoms with Crippen molar-refractivity contribution in [2.45, 2.75) is 32.4 Å². The summed E-state index contributed by atoms with van der Waals surface area (Å²) in [4.78, 5) is 21.8. The molecule has 2 N–H and O–H groups in total. The van der Waals surface area contributed by atoms with E-state index in [9.17, 15) is 4.79 Å². The number of likely N-dealkylation sites (N-methyl/N-ethyl adjacent to an activating group) is 1. The first kappa shape index (κ1) is 13.7. The predicted molar refractivity (Wildman–Crippen MR) is 82.2 cm³/mol. The summed E-state index contributed by atoms with van der Waals surface area (Å²) in [7, 11) is 0. The number of H-pyrrole nitrogens is 1. The van der Waals surface area contributed by atoms with Crippen molar-refractivity contribution in [2.24, 2.45) is 0 Å². The molecule has 0 saturated carbocycles. The molecular formula is C14H20N4OS. The van der Waals surface area contributed by atoms with Gasteiger partial charge in [0.2, 0.25) is 0 Å². The molecule has 108 valence electrons. The highest BCUT2D eigenvalue weighted by molar-refractivity contribution is 7.17. The number of thiophene rings is 1. The van der Waals surface area contributed by atoms with Gasteiger partial charge in [0.05, 0.1) is 12.1 Å². The van der Waals surface area contributed by atoms with Gasteiger partial charge < -0.3 is 10.3 Å². The molecule has 0 spiro atoms. The van der Waals surface area contributed by atoms with Gasteiger partial charge in [0, 0.05) is 12.6 Å². The summed E-state index contributed by atoms with van der Waals surface area (Å²) >= 11 is 1.44. The van der Waals surface area contributed by atoms with Gasteiger partial charge in [0.1, 0.15) is 10.5 Å². The molecule has 1 fully saturated rings. The fourth-order valence-corrected chi connectivity index (χ4v) is 3.46. The van der Waals surface area contributed by atoms with Gasteiger partial charge in [-0.15, -0.1) is 11.3 Å². The summed E-state index contributed by atoms with van der Waals surface area (Å²) < 4.78 is 0.717. The molecule has 5 nitrogen and oxygen atoms in total. The third-order valence-corrected chi connectivity index (χ3v) is 4.73. The van der Waals surface area contributed by atoms with E-state index in [-0.39, 0.29) is 5.56 Å². The molecule has 1 atom stereocenters. The van der Waals surface area contributed by atoms with Gasteiger partial charge in [-0.3, -0.25) is 9.69 Å². The van der Waals surface area contributed by atoms with E-state index in [1.54, 1.807) is 0 Å². The lowest BCUT2D eigenvalue weighted by atomic mass is 10.2. The van der Waals surface area contributed by atoms with Crippen LogP contribution < -0.4 is 10.9 Å². The number of aromatic amines is 1. The number of fused-ring (bicyclic) bond motifs is 1. The van der Waals surface area contributed by atoms with E-state index >= 15 is 0 Å². The van der Waals surface area contributed by atoms with E-state index in [0.717, 1.165) is 31.0 Å². The van der Waals surface area contributed by atoms with Crippen molar-refractivity contribution in [3.05, 3.63) is 27.6 Å². The summed E-state index contributed by atoms with van der Waals surface area (Å²) in [5.41, 5.74) is 0.791. The molecular weight excluding hydrogens is 272 g/mol. The Morgan fingerprint density at radius 3 is 3.20 bits per heavy atom. The summed E-state index contributed by atoms with van der Waals surface area (Å²) in [6, 6.07) is 2.49. The van der Waals surface area contributed by atoms with E-state index in [1.165, 1.54) is 24.2 Å². The Bertz CT molecular complexity index is 629. The molecule has 0 radical (unpaired) electrons. The molecule has 1 unspecified atom stereocenters. The smallest absolute Gasteiger partial charge is 0.268 e. The number of hydrogen-bond acceptors (Lipinski definition) is 5. The molecule has 0 bridgehead atoms. The first-order chi connectivity index (χ1) is 9.76. The van der Waals surface area contributed by atoms with Crippen LogP contribution in [0.15, 0.2) is 16.2 Å². The summed E-state index contributed by atoms with van der Waals surface area (Å²) in [6.45, 7) is 5.95. The van der Waals surface area contributed by atoms with E-state index in [4.69, 9.17) is 0 Å². The van der Waals surface area contributed by atoms with Crippen LogP contribution in [0.5, 0.6) is 0 Å². The van der Waals surface area contributed by atoms with Gasteiger partial charge in [-0.1, -0.05) is 6.92 Å². The van der Waals surface area contributed by atoms with Crippen LogP contribution >= 0.6 is 11.3 Å². The fourth-order valence-electron chi connectivity index (χ4n) is 2.74. The lowest BCUT2D eigenvalue weighted by Crippen LogP contribution is -2.37. The van der Waals surface area contributed by atoms with Gasteiger partial charge in [0.25, 0.3) is 5.56 Å². The van der Waals surface area contributed by atoms with Crippen molar-refractivity contribution in [2.75, 3.05) is 19.6 Å². The minimum atomic E-state index is -0.0185. The molecule has 3 rings (SSSR count). The van der Waals surface area contributed by atoms with Crippen molar-refractivity contribution < 1.29 is 0 Å². The van der Waals surface area contributed by atoms with Crippen molar-refractivity contribution in [1.29, 1.82) is 0 Å². The minimum Gasteiger partial charge on any atom is -0.313 e. The van der Waals surface area contributed by atoms with Gasteiger partial charge in [-0.25, -0.2) is 4.98 Å². The molecule has 1 aliphatic heterocycles. The molecule has 0 aromatic carbocycles. The molecule has 1 saturated heterocycles. The second-order valence-electron chi connectivity index (χ2n) is 5.27. The van der Waals surface area contributed by atoms with E-state index in [0.29, 0.717) is 17.3 Å². The Morgan fingerprint density at radius 2 is 2.45 bits per heavy atom. The SMILES string of the molecule is CCN(Cc1nc2ccsc2c(=O)[nH]1)CC1CCCN1. The van der Waals surface area contributed by atoms with Crippen LogP contribution in [0.3, 0.4) is 0 Å². The zero-order valence-electron chi connectivity index (χ0n) is 11.7. The average Bonchev–Trinajstić information content (AvgIpc) is 3.08. The Morgan fingerprint density at radius 1 is 1.55 bits per heavy atom. The minimum absolute atomic E-state index is 0.0185. The molecule has 0 aliphatic carbocycles. The van der Waals surface area contributed by atoms with Gasteiger partial charge >= 0.3 is 0 Å². The van der Waals surface area contributed by atoms with Crippen LogP contribution in [-0.2, 0) is 6.54 Å². The third-order valence-electron chi connectivity index (χ3n) is 3.83. The van der Waals surface area contributed by atoms with Crippen molar-refractivity contribution in [3.63, 3.8) is 0 Å². The first-order valence-corrected chi connectivity index (χ1v) is 8.06. The van der Waals surface area contributed by atoms with Crippen LogP contribution in [0.2, 0.25) is 0 Å². The number of aromatic nitrogens is 2. The maximum Gasteiger partial charge on any atom is 0.268 e. The van der Waals surface area contributed by atoms with Crippen LogP contribution in [0.1, 0.15) is 25.6 Å². The summed E-state index contributed by atoms with van der Waals surface area (Å²) in [5, 5.41) is 5.43. The first-order valence-electron chi connectivity index (χ1n) is 7.18. The van der Waals surface area contributed by atoms with E-state index in [2.05, 4.69) is 27.1 Å². The molecule has 3 heterocycles. The van der Waals surface area contributed by atoms with Crippen LogP contribution in [0.4, 0.5) is 0 Å². The molecule has 2 aromatic heterocycles. The van der Waals surface area contributed by atoms with Crippen molar-refractivity contribution >= 4 is 21.6 Å². The second-order valence-corrected chi connectivity index (χ2v) is 6.18. The molecule has 2 aromatic rings. The van der Waals surface area contributed by atoms with Gasteiger partial charge in [-0.05, 0) is 37.4 Å². The Hall–Kier alpha value is -1.24. The zero-order valence-corrected chi connectivity index (χ0v) is 12.5. The number of hydrogen-bond donors (Lipinski definition) is 2. The summed E-state index contributed by atoms with van der Waals surface area (Å²) in [6.07, 6.45) is 2.50. The van der Waals surface area contributed by atoms with Gasteiger partial charge in [0.15, 0.2) is 0 Å². The summed E-state index contributed by atoms with van der Waals surface area (Å²) in [5.74, 6) is 0.765. The zero-order chi connectivity index (χ0) is 13.9. The predicted octanol–water partition coefficient (Wildman–Crippen LogP) is 1.56. The molecule has 0 amide bonds. The topological polar surface area (TPSA) is 61.0 Å². The standard InChI is InChI=1S/C14H20N4OS/c1-2-18(8-10-4-3-6-15-10)9-12-16-11-5-7-20-13(11)14(19)17-12/h5,7,10,15H,2-4,6,8-9H2,1H3,(H,16,17,19). The van der Waals surface area contributed by atoms with Crippen LogP contribution in [0.25, 0.3) is 10.2 Å². The average molecular weight is 292 g/mol. The maximum atomic E-state index is 12.0. The lowest BCUT2D eigenvalue weighted by Gasteiger charge is -2.23. The highest BCUT2D eigenvalue weighted by atomic mass is 32.1. The number of rotatable bonds is 5. The number of nitrogens with one attached hydrogen (secondary N) is 2. The Labute approximate surface area is 122 Å². The monoisotopic (exact) mass is 292 g/mol. The Kier molecular flexibility index (Phi) is 4.14. The van der Waals surface area contributed by atoms with Crippen LogP contribution in [-0.4, -0.2) is 40.5 Å². The third kappa shape index (κ3) is 2.92. The normalized spacial score (nSPS) is 19.2. The molecule has 6 heteroatoms. The highest BCUT2D eigenvalue weighted by Crippen LogP contribution is 2.14. The maximum absolute atomic E-state index is 12.0. The molecule has 20 heavy (non-hydrogen) atoms. The van der Waals surface area contributed by atoms with E-state index < -0.39 is 0 Å². The fraction of sp³-hybridized carbons (Fsp3) is 0.571. The van der Waals surface area contributed by atoms with Crippen molar-refractivity contribution in [1.82, 2.24) is 20.2 Å². The highest BCUT2D eigenvalue weighted by Gasteiger charge is 2.18. The largest absolute Gasteiger partial charge is 0.313 e. The lowest BCUT2D eigenvalue weighted by molar-refractivity contribution is 0.248. The quantitative estimate of drug-likeness (QED) is 0.878. The van der Waals surface area contributed by atoms with Crippen LogP contribution in [0, 0.1) is 0 Å². The van der Waals surface area contributed by atoms with Gasteiger partial charge in [-0.2, -0.15) is 0 Å².